The number of halogens is 1. The Bertz CT molecular complexity index is 862. The second kappa shape index (κ2) is 10.9. The van der Waals surface area contributed by atoms with E-state index in [0.717, 1.165) is 16.0 Å². The number of amides is 2. The van der Waals surface area contributed by atoms with E-state index in [1.165, 1.54) is 11.8 Å². The summed E-state index contributed by atoms with van der Waals surface area (Å²) in [6, 6.07) is 14.9. The van der Waals surface area contributed by atoms with Crippen LogP contribution < -0.4 is 5.32 Å². The van der Waals surface area contributed by atoms with Crippen LogP contribution in [0.15, 0.2) is 53.4 Å². The molecule has 30 heavy (non-hydrogen) atoms. The molecule has 162 valence electrons. The van der Waals surface area contributed by atoms with Crippen molar-refractivity contribution in [2.45, 2.75) is 64.1 Å². The van der Waals surface area contributed by atoms with Crippen molar-refractivity contribution in [2.24, 2.45) is 0 Å². The monoisotopic (exact) mass is 446 g/mol. The number of aryl methyl sites for hydroxylation is 1. The first-order valence-electron chi connectivity index (χ1n) is 10.1. The zero-order chi connectivity index (χ0) is 22.3. The van der Waals surface area contributed by atoms with Crippen LogP contribution in [-0.2, 0) is 16.1 Å². The van der Waals surface area contributed by atoms with E-state index in [1.54, 1.807) is 4.90 Å². The van der Waals surface area contributed by atoms with Crippen LogP contribution in [0.5, 0.6) is 0 Å². The zero-order valence-corrected chi connectivity index (χ0v) is 19.9. The first-order valence-corrected chi connectivity index (χ1v) is 11.5. The Morgan fingerprint density at radius 3 is 2.37 bits per heavy atom. The first-order chi connectivity index (χ1) is 14.1. The van der Waals surface area contributed by atoms with E-state index in [1.807, 2.05) is 77.1 Å². The van der Waals surface area contributed by atoms with E-state index in [0.29, 0.717) is 18.0 Å². The number of rotatable bonds is 8. The van der Waals surface area contributed by atoms with Gasteiger partial charge in [-0.15, -0.1) is 11.8 Å². The van der Waals surface area contributed by atoms with Gasteiger partial charge in [-0.3, -0.25) is 9.59 Å². The van der Waals surface area contributed by atoms with Gasteiger partial charge in [0.15, 0.2) is 0 Å². The molecular weight excluding hydrogens is 416 g/mol. The fourth-order valence-electron chi connectivity index (χ4n) is 3.14. The lowest BCUT2D eigenvalue weighted by Gasteiger charge is -2.33. The molecule has 0 saturated heterocycles. The normalized spacial score (nSPS) is 12.3. The number of hydrogen-bond acceptors (Lipinski definition) is 3. The highest BCUT2D eigenvalue weighted by molar-refractivity contribution is 8.00. The van der Waals surface area contributed by atoms with Crippen molar-refractivity contribution in [2.75, 3.05) is 5.75 Å². The van der Waals surface area contributed by atoms with E-state index in [-0.39, 0.29) is 23.1 Å². The number of benzene rings is 2. The molecule has 1 N–H and O–H groups in total. The highest BCUT2D eigenvalue weighted by Crippen LogP contribution is 2.22. The van der Waals surface area contributed by atoms with Crippen molar-refractivity contribution in [3.8, 4) is 0 Å². The minimum atomic E-state index is -0.525. The number of hydrogen-bond donors (Lipinski definition) is 1. The number of nitrogens with one attached hydrogen (secondary N) is 1. The largest absolute Gasteiger partial charge is 0.350 e. The molecule has 0 aromatic heterocycles. The molecule has 0 radical (unpaired) electrons. The Balaban J connectivity index is 2.22. The van der Waals surface area contributed by atoms with Gasteiger partial charge in [-0.2, -0.15) is 0 Å². The summed E-state index contributed by atoms with van der Waals surface area (Å²) in [6.07, 6.45) is 0.547. The molecule has 2 amide bonds. The van der Waals surface area contributed by atoms with Crippen molar-refractivity contribution >= 4 is 35.2 Å². The number of thioether (sulfide) groups is 1. The topological polar surface area (TPSA) is 49.4 Å². The Labute approximate surface area is 189 Å². The molecule has 0 fully saturated rings. The van der Waals surface area contributed by atoms with Crippen LogP contribution in [0.2, 0.25) is 5.02 Å². The van der Waals surface area contributed by atoms with Gasteiger partial charge in [0.1, 0.15) is 6.04 Å². The molecule has 4 nitrogen and oxygen atoms in total. The van der Waals surface area contributed by atoms with Crippen molar-refractivity contribution in [3.05, 3.63) is 64.7 Å². The predicted octanol–water partition coefficient (Wildman–Crippen LogP) is 5.46. The SMILES string of the molecule is CCC(C(=O)NC(C)(C)C)N(Cc1cccc(C)c1)C(=O)CSc1ccc(Cl)cc1. The quantitative estimate of drug-likeness (QED) is 0.547. The van der Waals surface area contributed by atoms with E-state index in [9.17, 15) is 9.59 Å². The Kier molecular flexibility index (Phi) is 8.80. The zero-order valence-electron chi connectivity index (χ0n) is 18.4. The summed E-state index contributed by atoms with van der Waals surface area (Å²) in [5.74, 6) is 0.0714. The summed E-state index contributed by atoms with van der Waals surface area (Å²) in [4.78, 5) is 28.9. The fourth-order valence-corrected chi connectivity index (χ4v) is 4.05. The van der Waals surface area contributed by atoms with Gasteiger partial charge in [0.2, 0.25) is 11.8 Å². The third kappa shape index (κ3) is 7.69. The number of carbonyl (C=O) groups is 2. The molecule has 0 saturated carbocycles. The molecule has 0 spiro atoms. The van der Waals surface area contributed by atoms with Crippen molar-refractivity contribution in [1.29, 1.82) is 0 Å². The van der Waals surface area contributed by atoms with Gasteiger partial charge >= 0.3 is 0 Å². The molecule has 2 aromatic rings. The van der Waals surface area contributed by atoms with Gasteiger partial charge < -0.3 is 10.2 Å². The van der Waals surface area contributed by atoms with Crippen molar-refractivity contribution in [1.82, 2.24) is 10.2 Å². The maximum atomic E-state index is 13.2. The Hall–Kier alpha value is -1.98. The summed E-state index contributed by atoms with van der Waals surface area (Å²) in [5, 5.41) is 3.69. The maximum Gasteiger partial charge on any atom is 0.243 e. The number of nitrogens with zero attached hydrogens (tertiary/aromatic N) is 1. The van der Waals surface area contributed by atoms with Crippen LogP contribution in [0, 0.1) is 6.92 Å². The van der Waals surface area contributed by atoms with E-state index in [2.05, 4.69) is 11.4 Å². The van der Waals surface area contributed by atoms with Crippen molar-refractivity contribution < 1.29 is 9.59 Å². The summed E-state index contributed by atoms with van der Waals surface area (Å²) in [5.41, 5.74) is 1.78. The fraction of sp³-hybridized carbons (Fsp3) is 0.417. The molecule has 2 aromatic carbocycles. The van der Waals surface area contributed by atoms with Gasteiger partial charge in [-0.1, -0.05) is 48.4 Å². The van der Waals surface area contributed by atoms with Gasteiger partial charge in [-0.25, -0.2) is 0 Å². The van der Waals surface area contributed by atoms with E-state index < -0.39 is 6.04 Å². The Morgan fingerprint density at radius 2 is 1.80 bits per heavy atom. The highest BCUT2D eigenvalue weighted by Gasteiger charge is 2.30. The van der Waals surface area contributed by atoms with Gasteiger partial charge in [-0.05, 0) is 63.9 Å². The smallest absolute Gasteiger partial charge is 0.243 e. The minimum absolute atomic E-state index is 0.0626. The lowest BCUT2D eigenvalue weighted by molar-refractivity contribution is -0.140. The molecule has 0 aliphatic heterocycles. The third-order valence-electron chi connectivity index (χ3n) is 4.50. The third-order valence-corrected chi connectivity index (χ3v) is 5.74. The molecule has 0 aliphatic rings. The van der Waals surface area contributed by atoms with E-state index in [4.69, 9.17) is 11.6 Å². The van der Waals surface area contributed by atoms with Gasteiger partial charge in [0.25, 0.3) is 0 Å². The van der Waals surface area contributed by atoms with Crippen LogP contribution in [0.4, 0.5) is 0 Å². The van der Waals surface area contributed by atoms with Crippen LogP contribution in [0.1, 0.15) is 45.2 Å². The molecule has 0 aliphatic carbocycles. The lowest BCUT2D eigenvalue weighted by Crippen LogP contribution is -2.53. The molecular formula is C24H31ClN2O2S. The maximum absolute atomic E-state index is 13.2. The second-order valence-electron chi connectivity index (χ2n) is 8.42. The van der Waals surface area contributed by atoms with Gasteiger partial charge in [0.05, 0.1) is 5.75 Å². The van der Waals surface area contributed by atoms with Crippen LogP contribution >= 0.6 is 23.4 Å². The van der Waals surface area contributed by atoms with Gasteiger partial charge in [0, 0.05) is 22.0 Å². The van der Waals surface area contributed by atoms with Crippen LogP contribution in [-0.4, -0.2) is 34.0 Å². The van der Waals surface area contributed by atoms with E-state index >= 15 is 0 Å². The minimum Gasteiger partial charge on any atom is -0.350 e. The lowest BCUT2D eigenvalue weighted by atomic mass is 10.1. The summed E-state index contributed by atoms with van der Waals surface area (Å²) in [7, 11) is 0. The average molecular weight is 447 g/mol. The summed E-state index contributed by atoms with van der Waals surface area (Å²) in [6.45, 7) is 10.2. The molecule has 2 rings (SSSR count). The average Bonchev–Trinajstić information content (AvgIpc) is 2.66. The molecule has 6 heteroatoms. The molecule has 0 bridgehead atoms. The Morgan fingerprint density at radius 1 is 1.13 bits per heavy atom. The number of carbonyl (C=O) groups excluding carboxylic acids is 2. The summed E-state index contributed by atoms with van der Waals surface area (Å²) >= 11 is 7.40. The summed E-state index contributed by atoms with van der Waals surface area (Å²) < 4.78 is 0. The standard InChI is InChI=1S/C24H31ClN2O2S/c1-6-21(23(29)26-24(3,4)5)27(15-18-9-7-8-17(2)14-18)22(28)16-30-20-12-10-19(25)11-13-20/h7-14,21H,6,15-16H2,1-5H3,(H,26,29). The van der Waals surface area contributed by atoms with Crippen molar-refractivity contribution in [3.63, 3.8) is 0 Å². The molecule has 0 heterocycles. The van der Waals surface area contributed by atoms with Crippen LogP contribution in [0.3, 0.4) is 0 Å². The second-order valence-corrected chi connectivity index (χ2v) is 9.90. The predicted molar refractivity (Wildman–Crippen MR) is 126 cm³/mol. The molecule has 1 atom stereocenters. The first kappa shape index (κ1) is 24.3. The highest BCUT2D eigenvalue weighted by atomic mass is 35.5. The van der Waals surface area contributed by atoms with Crippen LogP contribution in [0.25, 0.3) is 0 Å². The molecule has 1 unspecified atom stereocenters.